The molecule has 0 spiro atoms. The van der Waals surface area contributed by atoms with Crippen LogP contribution < -0.4 is 19.7 Å². The number of aliphatic hydroxyl groups excluding tert-OH is 1. The minimum Gasteiger partial charge on any atom is -0.490 e. The van der Waals surface area contributed by atoms with Gasteiger partial charge in [-0.2, -0.15) is 0 Å². The van der Waals surface area contributed by atoms with Crippen molar-refractivity contribution in [2.24, 2.45) is 0 Å². The smallest absolute Gasteiger partial charge is 0.310 e. The van der Waals surface area contributed by atoms with Crippen molar-refractivity contribution < 1.29 is 24.2 Å². The molecule has 2 aromatic rings. The highest BCUT2D eigenvalue weighted by Gasteiger charge is 2.25. The third-order valence-corrected chi connectivity index (χ3v) is 6.00. The normalized spacial score (nSPS) is 17.2. The molecule has 2 N–H and O–H groups in total. The monoisotopic (exact) mass is 453 g/mol. The summed E-state index contributed by atoms with van der Waals surface area (Å²) < 4.78 is 11.3. The van der Waals surface area contributed by atoms with Crippen LogP contribution in [0.25, 0.3) is 0 Å². The largest absolute Gasteiger partial charge is 0.490 e. The molecule has 8 nitrogen and oxygen atoms in total. The van der Waals surface area contributed by atoms with Gasteiger partial charge < -0.3 is 24.8 Å². The summed E-state index contributed by atoms with van der Waals surface area (Å²) in [6.45, 7) is 6.00. The lowest BCUT2D eigenvalue weighted by molar-refractivity contribution is -0.134. The van der Waals surface area contributed by atoms with Gasteiger partial charge in [0.25, 0.3) is 0 Å². The highest BCUT2D eigenvalue weighted by Crippen LogP contribution is 2.39. The number of fused-ring (bicyclic) bond motifs is 1. The lowest BCUT2D eigenvalue weighted by Crippen LogP contribution is -2.49. The van der Waals surface area contributed by atoms with E-state index in [1.807, 2.05) is 18.2 Å². The van der Waals surface area contributed by atoms with Crippen molar-refractivity contribution in [1.82, 2.24) is 4.90 Å². The second-order valence-corrected chi connectivity index (χ2v) is 8.38. The van der Waals surface area contributed by atoms with Crippen LogP contribution in [0.3, 0.4) is 0 Å². The van der Waals surface area contributed by atoms with Gasteiger partial charge in [-0.3, -0.25) is 14.5 Å². The van der Waals surface area contributed by atoms with Gasteiger partial charge >= 0.3 is 5.97 Å². The van der Waals surface area contributed by atoms with Crippen LogP contribution in [-0.4, -0.2) is 67.3 Å². The van der Waals surface area contributed by atoms with Crippen LogP contribution in [0.15, 0.2) is 42.5 Å². The number of amides is 1. The summed E-state index contributed by atoms with van der Waals surface area (Å²) >= 11 is 0. The molecule has 0 radical (unpaired) electrons. The molecule has 2 heterocycles. The number of rotatable bonds is 8. The van der Waals surface area contributed by atoms with Crippen molar-refractivity contribution in [3.05, 3.63) is 48.0 Å². The zero-order chi connectivity index (χ0) is 23.2. The summed E-state index contributed by atoms with van der Waals surface area (Å²) in [5.74, 6) is 0.430. The van der Waals surface area contributed by atoms with Crippen LogP contribution in [0.2, 0.25) is 0 Å². The van der Waals surface area contributed by atoms with E-state index in [4.69, 9.17) is 9.47 Å². The number of carbonyl (C=O) groups is 2. The average molecular weight is 454 g/mol. The van der Waals surface area contributed by atoms with Crippen molar-refractivity contribution in [3.63, 3.8) is 0 Å². The topological polar surface area (TPSA) is 91.3 Å². The van der Waals surface area contributed by atoms with Crippen molar-refractivity contribution in [1.29, 1.82) is 0 Å². The Balaban J connectivity index is 1.32. The fraction of sp³-hybridized carbons (Fsp3) is 0.440. The lowest BCUT2D eigenvalue weighted by Gasteiger charge is -2.36. The van der Waals surface area contributed by atoms with E-state index in [-0.39, 0.29) is 24.9 Å². The third kappa shape index (κ3) is 5.83. The van der Waals surface area contributed by atoms with Crippen LogP contribution in [0, 0.1) is 0 Å². The molecule has 0 aromatic heterocycles. The molecule has 4 rings (SSSR count). The molecule has 1 unspecified atom stereocenters. The predicted octanol–water partition coefficient (Wildman–Crippen LogP) is 2.45. The lowest BCUT2D eigenvalue weighted by atomic mass is 10.0. The molecule has 0 bridgehead atoms. The van der Waals surface area contributed by atoms with E-state index in [0.717, 1.165) is 31.7 Å². The van der Waals surface area contributed by atoms with E-state index < -0.39 is 6.10 Å². The SMILES string of the molecule is CCC(=O)Oc1ccc(OCC(O)CN2CCN(c3ccccc3)CC2)c2c1NC(=O)CC2. The number of aliphatic hydroxyl groups is 1. The summed E-state index contributed by atoms with van der Waals surface area (Å²) in [5, 5.41) is 13.4. The standard InChI is InChI=1S/C25H31N3O5/c1-2-24(31)33-22-10-9-21(20-8-11-23(30)26-25(20)22)32-17-19(29)16-27-12-14-28(15-13-27)18-6-4-3-5-7-18/h3-7,9-10,19,29H,2,8,11-17H2,1H3,(H,26,30). The van der Waals surface area contributed by atoms with Gasteiger partial charge in [0.1, 0.15) is 18.5 Å². The van der Waals surface area contributed by atoms with Crippen LogP contribution in [0.5, 0.6) is 11.5 Å². The van der Waals surface area contributed by atoms with Crippen LogP contribution in [0.1, 0.15) is 25.3 Å². The Morgan fingerprint density at radius 2 is 1.79 bits per heavy atom. The number of nitrogens with one attached hydrogen (secondary N) is 1. The van der Waals surface area contributed by atoms with E-state index in [1.54, 1.807) is 19.1 Å². The molecule has 2 aliphatic heterocycles. The van der Waals surface area contributed by atoms with Gasteiger partial charge in [-0.05, 0) is 30.7 Å². The summed E-state index contributed by atoms with van der Waals surface area (Å²) in [4.78, 5) is 28.2. The van der Waals surface area contributed by atoms with Crippen molar-refractivity contribution >= 4 is 23.3 Å². The molecule has 0 aliphatic carbocycles. The molecule has 1 fully saturated rings. The number of nitrogens with zero attached hydrogens (tertiary/aromatic N) is 2. The van der Waals surface area contributed by atoms with Crippen LogP contribution in [0.4, 0.5) is 11.4 Å². The number of anilines is 2. The number of carbonyl (C=O) groups excluding carboxylic acids is 2. The zero-order valence-corrected chi connectivity index (χ0v) is 19.0. The molecular weight excluding hydrogens is 422 g/mol. The van der Waals surface area contributed by atoms with Crippen molar-refractivity contribution in [2.75, 3.05) is 49.5 Å². The average Bonchev–Trinajstić information content (AvgIpc) is 2.84. The summed E-state index contributed by atoms with van der Waals surface area (Å²) in [7, 11) is 0. The van der Waals surface area contributed by atoms with Crippen LogP contribution >= 0.6 is 0 Å². The van der Waals surface area contributed by atoms with Gasteiger partial charge in [0.15, 0.2) is 5.75 Å². The van der Waals surface area contributed by atoms with E-state index in [9.17, 15) is 14.7 Å². The Morgan fingerprint density at radius 1 is 1.06 bits per heavy atom. The first-order chi connectivity index (χ1) is 16.0. The molecule has 176 valence electrons. The molecule has 2 aliphatic rings. The highest BCUT2D eigenvalue weighted by atomic mass is 16.5. The second kappa shape index (κ2) is 10.7. The molecule has 1 atom stereocenters. The number of hydrogen-bond donors (Lipinski definition) is 2. The third-order valence-electron chi connectivity index (χ3n) is 6.00. The quantitative estimate of drug-likeness (QED) is 0.469. The Morgan fingerprint density at radius 3 is 2.52 bits per heavy atom. The minimum absolute atomic E-state index is 0.122. The van der Waals surface area contributed by atoms with E-state index >= 15 is 0 Å². The Bertz CT molecular complexity index is 974. The first-order valence-corrected chi connectivity index (χ1v) is 11.5. The molecule has 1 saturated heterocycles. The molecule has 2 aromatic carbocycles. The Labute approximate surface area is 194 Å². The van der Waals surface area contributed by atoms with E-state index in [0.29, 0.717) is 36.6 Å². The predicted molar refractivity (Wildman–Crippen MR) is 126 cm³/mol. The molecule has 33 heavy (non-hydrogen) atoms. The Hall–Kier alpha value is -3.10. The first-order valence-electron chi connectivity index (χ1n) is 11.5. The van der Waals surface area contributed by atoms with Gasteiger partial charge in [-0.15, -0.1) is 0 Å². The van der Waals surface area contributed by atoms with Gasteiger partial charge in [0.2, 0.25) is 5.91 Å². The number of piperazine rings is 1. The number of hydrogen-bond acceptors (Lipinski definition) is 7. The number of β-amino-alcohol motifs (C(OH)–C–C–N with tert-alkyl or cyclic N) is 1. The summed E-state index contributed by atoms with van der Waals surface area (Å²) in [6, 6.07) is 13.7. The number of esters is 1. The number of benzene rings is 2. The maximum absolute atomic E-state index is 11.9. The van der Waals surface area contributed by atoms with Gasteiger partial charge in [0, 0.05) is 56.8 Å². The van der Waals surface area contributed by atoms with Crippen molar-refractivity contribution in [2.45, 2.75) is 32.3 Å². The molecule has 0 saturated carbocycles. The fourth-order valence-corrected chi connectivity index (χ4v) is 4.21. The van der Waals surface area contributed by atoms with Crippen LogP contribution in [-0.2, 0) is 16.0 Å². The highest BCUT2D eigenvalue weighted by molar-refractivity contribution is 5.97. The zero-order valence-electron chi connectivity index (χ0n) is 19.0. The summed E-state index contributed by atoms with van der Waals surface area (Å²) in [6.07, 6.45) is 0.431. The fourth-order valence-electron chi connectivity index (χ4n) is 4.21. The molecule has 1 amide bonds. The minimum atomic E-state index is -0.639. The number of ether oxygens (including phenoxy) is 2. The Kier molecular flexibility index (Phi) is 7.47. The van der Waals surface area contributed by atoms with E-state index in [1.165, 1.54) is 5.69 Å². The second-order valence-electron chi connectivity index (χ2n) is 8.38. The maximum atomic E-state index is 11.9. The van der Waals surface area contributed by atoms with Gasteiger partial charge in [-0.25, -0.2) is 0 Å². The van der Waals surface area contributed by atoms with E-state index in [2.05, 4.69) is 27.2 Å². The maximum Gasteiger partial charge on any atom is 0.310 e. The van der Waals surface area contributed by atoms with Crippen molar-refractivity contribution in [3.8, 4) is 11.5 Å². The summed E-state index contributed by atoms with van der Waals surface area (Å²) in [5.41, 5.74) is 2.50. The molecule has 8 heteroatoms. The van der Waals surface area contributed by atoms with Gasteiger partial charge in [-0.1, -0.05) is 25.1 Å². The molecular formula is C25H31N3O5. The van der Waals surface area contributed by atoms with Gasteiger partial charge in [0.05, 0.1) is 5.69 Å². The number of para-hydroxylation sites is 1. The first kappa shape index (κ1) is 23.1.